The van der Waals surface area contributed by atoms with Gasteiger partial charge in [0.25, 0.3) is 5.91 Å². The number of halogens is 2. The Balaban J connectivity index is 2.10. The number of anilines is 1. The molecule has 0 spiro atoms. The Bertz CT molecular complexity index is 987. The summed E-state index contributed by atoms with van der Waals surface area (Å²) in [5.74, 6) is -1.60. The number of amidine groups is 1. The zero-order valence-electron chi connectivity index (χ0n) is 14.8. The van der Waals surface area contributed by atoms with Gasteiger partial charge >= 0.3 is 6.09 Å². The van der Waals surface area contributed by atoms with Crippen LogP contribution in [0.1, 0.15) is 11.1 Å². The second-order valence-corrected chi connectivity index (χ2v) is 7.65. The molecule has 2 aromatic carbocycles. The van der Waals surface area contributed by atoms with Gasteiger partial charge in [-0.2, -0.15) is 0 Å². The van der Waals surface area contributed by atoms with Gasteiger partial charge in [-0.05, 0) is 29.8 Å². The van der Waals surface area contributed by atoms with Crippen molar-refractivity contribution in [3.05, 3.63) is 58.4 Å². The molecule has 2 amide bonds. The Hall–Kier alpha value is -2.98. The molecule has 152 valence electrons. The third-order valence-corrected chi connectivity index (χ3v) is 5.63. The fraction of sp³-hybridized carbons (Fsp3) is 0.167. The SMILES string of the molecule is N/C(=N\O)c1cc2c(cc1F)SC[C@H](NC(=O)O)C(=O)N2Cc1ccc(Cl)cc1. The second kappa shape index (κ2) is 8.58. The Morgan fingerprint density at radius 3 is 2.69 bits per heavy atom. The number of thioether (sulfide) groups is 1. The number of benzene rings is 2. The molecule has 5 N–H and O–H groups in total. The van der Waals surface area contributed by atoms with E-state index in [2.05, 4.69) is 10.5 Å². The lowest BCUT2D eigenvalue weighted by Crippen LogP contribution is -2.48. The zero-order chi connectivity index (χ0) is 21.1. The maximum Gasteiger partial charge on any atom is 0.405 e. The number of nitrogens with zero attached hydrogens (tertiary/aromatic N) is 2. The van der Waals surface area contributed by atoms with E-state index in [0.717, 1.165) is 17.3 Å². The molecule has 11 heteroatoms. The fourth-order valence-corrected chi connectivity index (χ4v) is 4.06. The van der Waals surface area contributed by atoms with Crippen LogP contribution < -0.4 is 16.0 Å². The molecule has 3 rings (SSSR count). The Labute approximate surface area is 174 Å². The maximum atomic E-state index is 14.4. The largest absolute Gasteiger partial charge is 0.465 e. The van der Waals surface area contributed by atoms with E-state index in [1.807, 2.05) is 0 Å². The summed E-state index contributed by atoms with van der Waals surface area (Å²) >= 11 is 7.04. The first kappa shape index (κ1) is 20.7. The first-order valence-corrected chi connectivity index (χ1v) is 9.66. The molecule has 0 bridgehead atoms. The van der Waals surface area contributed by atoms with E-state index in [1.165, 1.54) is 17.0 Å². The highest BCUT2D eigenvalue weighted by atomic mass is 35.5. The predicted molar refractivity (Wildman–Crippen MR) is 107 cm³/mol. The average Bonchev–Trinajstić information content (AvgIpc) is 2.80. The van der Waals surface area contributed by atoms with Crippen molar-refractivity contribution < 1.29 is 24.3 Å². The van der Waals surface area contributed by atoms with Crippen molar-refractivity contribution in [1.29, 1.82) is 0 Å². The van der Waals surface area contributed by atoms with Gasteiger partial charge in [0.1, 0.15) is 11.9 Å². The summed E-state index contributed by atoms with van der Waals surface area (Å²) in [4.78, 5) is 26.0. The minimum atomic E-state index is -1.34. The topological polar surface area (TPSA) is 128 Å². The fourth-order valence-electron chi connectivity index (χ4n) is 2.86. The molecule has 1 aliphatic heterocycles. The van der Waals surface area contributed by atoms with Crippen LogP contribution in [0.4, 0.5) is 14.9 Å². The van der Waals surface area contributed by atoms with Gasteiger partial charge in [-0.1, -0.05) is 28.9 Å². The highest BCUT2D eigenvalue weighted by Crippen LogP contribution is 2.37. The van der Waals surface area contributed by atoms with Crippen molar-refractivity contribution in [3.8, 4) is 0 Å². The Morgan fingerprint density at radius 1 is 1.38 bits per heavy atom. The Kier molecular flexibility index (Phi) is 6.14. The molecular weight excluding hydrogens is 423 g/mol. The minimum absolute atomic E-state index is 0.0810. The van der Waals surface area contributed by atoms with Gasteiger partial charge < -0.3 is 26.3 Å². The number of oxime groups is 1. The molecular formula is C18H16ClFN4O4S. The third kappa shape index (κ3) is 4.54. The van der Waals surface area contributed by atoms with Crippen molar-refractivity contribution in [2.24, 2.45) is 10.9 Å². The Morgan fingerprint density at radius 2 is 2.07 bits per heavy atom. The number of rotatable bonds is 4. The molecule has 2 aromatic rings. The van der Waals surface area contributed by atoms with Crippen molar-refractivity contribution in [2.75, 3.05) is 10.7 Å². The summed E-state index contributed by atoms with van der Waals surface area (Å²) in [5, 5.41) is 23.5. The van der Waals surface area contributed by atoms with Gasteiger partial charge in [0.2, 0.25) is 0 Å². The molecule has 8 nitrogen and oxygen atoms in total. The zero-order valence-corrected chi connectivity index (χ0v) is 16.4. The lowest BCUT2D eigenvalue weighted by molar-refractivity contribution is -0.120. The van der Waals surface area contributed by atoms with Crippen LogP contribution in [0.25, 0.3) is 0 Å². The van der Waals surface area contributed by atoms with Crippen molar-refractivity contribution >= 4 is 46.9 Å². The number of carbonyl (C=O) groups excluding carboxylic acids is 1. The van der Waals surface area contributed by atoms with E-state index in [0.29, 0.717) is 15.6 Å². The molecule has 0 radical (unpaired) electrons. The van der Waals surface area contributed by atoms with Crippen LogP contribution >= 0.6 is 23.4 Å². The highest BCUT2D eigenvalue weighted by molar-refractivity contribution is 7.99. The molecule has 0 saturated carbocycles. The van der Waals surface area contributed by atoms with Gasteiger partial charge in [-0.3, -0.25) is 4.79 Å². The number of carboxylic acid groups (broad SMARTS) is 1. The summed E-state index contributed by atoms with van der Waals surface area (Å²) < 4.78 is 14.4. The number of hydrogen-bond acceptors (Lipinski definition) is 5. The number of hydrogen-bond donors (Lipinski definition) is 4. The van der Waals surface area contributed by atoms with Crippen molar-refractivity contribution in [3.63, 3.8) is 0 Å². The van der Waals surface area contributed by atoms with E-state index in [1.54, 1.807) is 24.3 Å². The number of nitrogens with two attached hydrogens (primary N) is 1. The first-order chi connectivity index (χ1) is 13.8. The number of carbonyl (C=O) groups is 2. The van der Waals surface area contributed by atoms with Crippen molar-refractivity contribution in [1.82, 2.24) is 5.32 Å². The van der Waals surface area contributed by atoms with Crippen LogP contribution in [0.15, 0.2) is 46.4 Å². The van der Waals surface area contributed by atoms with Crippen LogP contribution in [-0.4, -0.2) is 39.9 Å². The molecule has 1 atom stereocenters. The third-order valence-electron chi connectivity index (χ3n) is 4.24. The molecule has 0 unspecified atom stereocenters. The first-order valence-electron chi connectivity index (χ1n) is 8.29. The van der Waals surface area contributed by atoms with E-state index in [9.17, 15) is 14.0 Å². The smallest absolute Gasteiger partial charge is 0.405 e. The summed E-state index contributed by atoms with van der Waals surface area (Å²) in [5.41, 5.74) is 6.43. The van der Waals surface area contributed by atoms with Crippen LogP contribution in [0.2, 0.25) is 5.02 Å². The maximum absolute atomic E-state index is 14.4. The standard InChI is InChI=1S/C18H16ClFN4O4S/c19-10-3-1-9(2-4-10)7-24-14-5-11(16(21)23-28)12(20)6-15(14)29-8-13(17(24)25)22-18(26)27/h1-6,13,22,28H,7-8H2,(H2,21,23)(H,26,27)/t13-/m0/s1. The number of fused-ring (bicyclic) bond motifs is 1. The molecule has 0 saturated heterocycles. The van der Waals surface area contributed by atoms with Gasteiger partial charge in [-0.25, -0.2) is 9.18 Å². The van der Waals surface area contributed by atoms with Gasteiger partial charge in [0.15, 0.2) is 5.84 Å². The van der Waals surface area contributed by atoms with E-state index in [-0.39, 0.29) is 17.9 Å². The summed E-state index contributed by atoms with van der Waals surface area (Å²) in [7, 11) is 0. The second-order valence-electron chi connectivity index (χ2n) is 6.15. The summed E-state index contributed by atoms with van der Waals surface area (Å²) in [6, 6.07) is 8.22. The lowest BCUT2D eigenvalue weighted by atomic mass is 10.1. The van der Waals surface area contributed by atoms with E-state index < -0.39 is 29.7 Å². The molecule has 0 fully saturated rings. The molecule has 29 heavy (non-hydrogen) atoms. The summed E-state index contributed by atoms with van der Waals surface area (Å²) in [6.45, 7) is 0.0859. The molecule has 1 heterocycles. The van der Waals surface area contributed by atoms with E-state index in [4.69, 9.17) is 27.6 Å². The predicted octanol–water partition coefficient (Wildman–Crippen LogP) is 2.85. The van der Waals surface area contributed by atoms with Gasteiger partial charge in [0, 0.05) is 15.7 Å². The summed E-state index contributed by atoms with van der Waals surface area (Å²) in [6.07, 6.45) is -1.34. The average molecular weight is 439 g/mol. The van der Waals surface area contributed by atoms with Crippen molar-refractivity contribution in [2.45, 2.75) is 17.5 Å². The highest BCUT2D eigenvalue weighted by Gasteiger charge is 2.33. The van der Waals surface area contributed by atoms with Gasteiger partial charge in [-0.15, -0.1) is 11.8 Å². The lowest BCUT2D eigenvalue weighted by Gasteiger charge is -2.26. The molecule has 0 aliphatic carbocycles. The molecule has 1 aliphatic rings. The quantitative estimate of drug-likeness (QED) is 0.251. The minimum Gasteiger partial charge on any atom is -0.465 e. The van der Waals surface area contributed by atoms with Gasteiger partial charge in [0.05, 0.1) is 17.8 Å². The monoisotopic (exact) mass is 438 g/mol. The van der Waals surface area contributed by atoms with Crippen LogP contribution in [0.3, 0.4) is 0 Å². The van der Waals surface area contributed by atoms with E-state index >= 15 is 0 Å². The van der Waals surface area contributed by atoms with Crippen LogP contribution in [-0.2, 0) is 11.3 Å². The molecule has 0 aromatic heterocycles. The number of nitrogens with one attached hydrogen (secondary N) is 1. The number of amides is 2. The van der Waals surface area contributed by atoms with Crippen LogP contribution in [0, 0.1) is 5.82 Å². The van der Waals surface area contributed by atoms with Crippen LogP contribution in [0.5, 0.6) is 0 Å². The normalized spacial score (nSPS) is 16.9.